The van der Waals surface area contributed by atoms with Gasteiger partial charge in [-0.05, 0) is 31.2 Å². The Kier molecular flexibility index (Phi) is 3.01. The van der Waals surface area contributed by atoms with E-state index in [9.17, 15) is 9.32 Å². The normalized spacial score (nSPS) is 35.0. The fraction of sp³-hybridized carbons (Fsp3) is 0.438. The van der Waals surface area contributed by atoms with Gasteiger partial charge in [-0.25, -0.2) is 0 Å². The Morgan fingerprint density at radius 2 is 1.81 bits per heavy atom. The molecule has 0 aliphatic carbocycles. The van der Waals surface area contributed by atoms with Crippen molar-refractivity contribution in [2.24, 2.45) is 0 Å². The van der Waals surface area contributed by atoms with Gasteiger partial charge in [0.25, 0.3) is 0 Å². The minimum Gasteiger partial charge on any atom is -0.385 e. The Bertz CT molecular complexity index is 649. The van der Waals surface area contributed by atoms with Crippen molar-refractivity contribution in [1.82, 2.24) is 5.16 Å². The van der Waals surface area contributed by atoms with E-state index in [-0.39, 0.29) is 10.5 Å². The van der Waals surface area contributed by atoms with Gasteiger partial charge in [-0.15, -0.1) is 0 Å². The molecule has 0 radical (unpaired) electrons. The van der Waals surface area contributed by atoms with Gasteiger partial charge in [-0.2, -0.15) is 0 Å². The number of hydrogen-bond acceptors (Lipinski definition) is 4. The largest absolute Gasteiger partial charge is 0.385 e. The molecule has 0 spiro atoms. The fourth-order valence-corrected chi connectivity index (χ4v) is 5.79. The molecule has 0 saturated carbocycles. The number of hydrogen-bond donors (Lipinski definition) is 1. The lowest BCUT2D eigenvalue weighted by molar-refractivity contribution is 0.0185. The maximum Gasteiger partial charge on any atom is 0.166 e. The minimum atomic E-state index is -0.834. The fourth-order valence-electron chi connectivity index (χ4n) is 3.63. The highest BCUT2D eigenvalue weighted by atomic mass is 32.2. The summed E-state index contributed by atoms with van der Waals surface area (Å²) in [4.78, 5) is 0. The molecule has 2 aliphatic rings. The average molecular weight is 303 g/mol. The maximum absolute atomic E-state index is 12.1. The molecule has 21 heavy (non-hydrogen) atoms. The average Bonchev–Trinajstić information content (AvgIpc) is 3.09. The van der Waals surface area contributed by atoms with E-state index in [4.69, 9.17) is 4.52 Å². The van der Waals surface area contributed by atoms with Crippen molar-refractivity contribution in [1.29, 1.82) is 0 Å². The first-order valence-corrected chi connectivity index (χ1v) is 8.57. The highest BCUT2D eigenvalue weighted by molar-refractivity contribution is 7.86. The monoisotopic (exact) mass is 303 g/mol. The van der Waals surface area contributed by atoms with Gasteiger partial charge >= 0.3 is 0 Å². The molecule has 1 aromatic carbocycles. The van der Waals surface area contributed by atoms with E-state index in [1.54, 1.807) is 6.20 Å². The van der Waals surface area contributed by atoms with Crippen LogP contribution in [-0.2, 0) is 16.4 Å². The first-order chi connectivity index (χ1) is 10.2. The van der Waals surface area contributed by atoms with Gasteiger partial charge < -0.3 is 9.63 Å². The molecule has 2 aromatic rings. The van der Waals surface area contributed by atoms with E-state index in [0.717, 1.165) is 29.7 Å². The summed E-state index contributed by atoms with van der Waals surface area (Å²) in [5, 5.41) is 15.0. The van der Waals surface area contributed by atoms with Gasteiger partial charge in [0.1, 0.15) is 0 Å². The lowest BCUT2D eigenvalue weighted by Crippen LogP contribution is -2.40. The summed E-state index contributed by atoms with van der Waals surface area (Å²) in [5.41, 5.74) is 1.03. The summed E-state index contributed by atoms with van der Waals surface area (Å²) in [5.74, 6) is 0.721. The molecule has 1 N–H and O–H groups in total. The summed E-state index contributed by atoms with van der Waals surface area (Å²) in [6.45, 7) is 0. The number of aliphatic hydroxyl groups is 1. The third kappa shape index (κ3) is 2.15. The highest BCUT2D eigenvalue weighted by Crippen LogP contribution is 2.45. The van der Waals surface area contributed by atoms with Crippen molar-refractivity contribution in [3.8, 4) is 11.3 Å². The second-order valence-corrected chi connectivity index (χ2v) is 8.03. The number of fused-ring (bicyclic) bond motifs is 2. The Hall–Kier alpha value is -1.46. The van der Waals surface area contributed by atoms with Crippen molar-refractivity contribution >= 4 is 10.8 Å². The number of aromatic nitrogens is 1. The standard InChI is InChI=1S/C16H17NO3S/c18-16(9-13-5-6-14(10-16)21(13)19)12-3-1-11(2-4-12)15-7-8-17-20-15/h1-4,7-8,13-14,18H,5-6,9-10H2. The van der Waals surface area contributed by atoms with Crippen molar-refractivity contribution < 1.29 is 13.8 Å². The zero-order valence-corrected chi connectivity index (χ0v) is 12.4. The van der Waals surface area contributed by atoms with Crippen molar-refractivity contribution in [3.63, 3.8) is 0 Å². The van der Waals surface area contributed by atoms with Gasteiger partial charge in [0.15, 0.2) is 5.76 Å². The van der Waals surface area contributed by atoms with Crippen LogP contribution >= 0.6 is 0 Å². The lowest BCUT2D eigenvalue weighted by Gasteiger charge is -2.36. The summed E-state index contributed by atoms with van der Waals surface area (Å²) in [6.07, 6.45) is 4.80. The third-order valence-electron chi connectivity index (χ3n) is 4.74. The van der Waals surface area contributed by atoms with E-state index in [1.165, 1.54) is 0 Å². The third-order valence-corrected chi connectivity index (χ3v) is 6.86. The van der Waals surface area contributed by atoms with E-state index >= 15 is 0 Å². The second kappa shape index (κ2) is 4.78. The molecule has 0 amide bonds. The molecule has 2 saturated heterocycles. The molecule has 2 unspecified atom stereocenters. The van der Waals surface area contributed by atoms with Crippen LogP contribution in [0.3, 0.4) is 0 Å². The van der Waals surface area contributed by atoms with Crippen LogP contribution in [0.5, 0.6) is 0 Å². The zero-order valence-electron chi connectivity index (χ0n) is 11.6. The molecule has 5 heteroatoms. The van der Waals surface area contributed by atoms with Crippen molar-refractivity contribution in [2.75, 3.05) is 0 Å². The first kappa shape index (κ1) is 13.2. The second-order valence-electron chi connectivity index (χ2n) is 6.04. The van der Waals surface area contributed by atoms with E-state index < -0.39 is 16.4 Å². The molecule has 110 valence electrons. The topological polar surface area (TPSA) is 63.3 Å². The highest BCUT2D eigenvalue weighted by Gasteiger charge is 2.48. The number of nitrogens with zero attached hydrogens (tertiary/aromatic N) is 1. The number of rotatable bonds is 2. The van der Waals surface area contributed by atoms with E-state index in [0.29, 0.717) is 12.8 Å². The van der Waals surface area contributed by atoms with Crippen LogP contribution in [0.25, 0.3) is 11.3 Å². The summed E-state index contributed by atoms with van der Waals surface area (Å²) >= 11 is 0. The molecular weight excluding hydrogens is 286 g/mol. The van der Waals surface area contributed by atoms with Gasteiger partial charge in [0, 0.05) is 32.9 Å². The van der Waals surface area contributed by atoms with E-state index in [1.807, 2.05) is 30.3 Å². The predicted molar refractivity (Wildman–Crippen MR) is 80.0 cm³/mol. The zero-order chi connectivity index (χ0) is 14.4. The number of benzene rings is 1. The van der Waals surface area contributed by atoms with Gasteiger partial charge in [0.05, 0.1) is 11.8 Å². The van der Waals surface area contributed by atoms with Gasteiger partial charge in [-0.3, -0.25) is 4.21 Å². The van der Waals surface area contributed by atoms with Gasteiger partial charge in [0.2, 0.25) is 0 Å². The van der Waals surface area contributed by atoms with Crippen LogP contribution in [0, 0.1) is 0 Å². The van der Waals surface area contributed by atoms with Crippen molar-refractivity contribution in [3.05, 3.63) is 42.1 Å². The molecule has 1 aromatic heterocycles. The van der Waals surface area contributed by atoms with Crippen LogP contribution in [0.1, 0.15) is 31.2 Å². The van der Waals surface area contributed by atoms with Gasteiger partial charge in [-0.1, -0.05) is 29.4 Å². The Labute approximate surface area is 125 Å². The molecule has 2 aliphatic heterocycles. The Balaban J connectivity index is 1.63. The lowest BCUT2D eigenvalue weighted by atomic mass is 9.85. The van der Waals surface area contributed by atoms with E-state index in [2.05, 4.69) is 5.16 Å². The maximum atomic E-state index is 12.1. The first-order valence-electron chi connectivity index (χ1n) is 7.29. The summed E-state index contributed by atoms with van der Waals surface area (Å²) < 4.78 is 17.2. The molecule has 4 rings (SSSR count). The molecule has 4 nitrogen and oxygen atoms in total. The summed E-state index contributed by atoms with van der Waals surface area (Å²) in [7, 11) is -0.751. The van der Waals surface area contributed by atoms with Crippen LogP contribution in [0.4, 0.5) is 0 Å². The molecule has 2 atom stereocenters. The predicted octanol–water partition coefficient (Wildman–Crippen LogP) is 2.60. The summed E-state index contributed by atoms with van der Waals surface area (Å²) in [6, 6.07) is 9.60. The molecule has 2 fully saturated rings. The van der Waals surface area contributed by atoms with Crippen LogP contribution in [0.2, 0.25) is 0 Å². The van der Waals surface area contributed by atoms with Crippen LogP contribution in [-0.4, -0.2) is 25.0 Å². The SMILES string of the molecule is O=S1C2CCC1CC(O)(c1ccc(-c3ccno3)cc1)C2. The molecular formula is C16H17NO3S. The van der Waals surface area contributed by atoms with Crippen LogP contribution < -0.4 is 0 Å². The van der Waals surface area contributed by atoms with Crippen LogP contribution in [0.15, 0.2) is 41.1 Å². The Morgan fingerprint density at radius 1 is 1.14 bits per heavy atom. The molecule has 3 heterocycles. The smallest absolute Gasteiger partial charge is 0.166 e. The van der Waals surface area contributed by atoms with Crippen molar-refractivity contribution in [2.45, 2.75) is 41.8 Å². The minimum absolute atomic E-state index is 0.155. The molecule has 2 bridgehead atoms. The Morgan fingerprint density at radius 3 is 2.38 bits per heavy atom. The quantitative estimate of drug-likeness (QED) is 0.926.